The van der Waals surface area contributed by atoms with Gasteiger partial charge in [0.2, 0.25) is 0 Å². The van der Waals surface area contributed by atoms with E-state index in [4.69, 9.17) is 10.5 Å². The Hall–Kier alpha value is -1.38. The fourth-order valence-electron chi connectivity index (χ4n) is 1.42. The van der Waals surface area contributed by atoms with Gasteiger partial charge in [0.15, 0.2) is 0 Å². The van der Waals surface area contributed by atoms with Gasteiger partial charge in [-0.25, -0.2) is 0 Å². The summed E-state index contributed by atoms with van der Waals surface area (Å²) in [6.07, 6.45) is 2.17. The summed E-state index contributed by atoms with van der Waals surface area (Å²) in [6, 6.07) is 5.87. The van der Waals surface area contributed by atoms with Gasteiger partial charge in [0, 0.05) is 18.3 Å². The molecule has 17 heavy (non-hydrogen) atoms. The SMILES string of the molecule is CCCOc1cc(NCC(C)CC)ccc1N. The van der Waals surface area contributed by atoms with Crippen LogP contribution in [0.15, 0.2) is 18.2 Å². The minimum Gasteiger partial charge on any atom is -0.491 e. The lowest BCUT2D eigenvalue weighted by atomic mass is 10.1. The average molecular weight is 236 g/mol. The molecule has 1 atom stereocenters. The molecule has 0 aromatic heterocycles. The van der Waals surface area contributed by atoms with Crippen LogP contribution < -0.4 is 15.8 Å². The molecule has 1 aromatic rings. The molecule has 0 heterocycles. The zero-order valence-corrected chi connectivity index (χ0v) is 11.1. The second kappa shape index (κ2) is 7.05. The predicted molar refractivity (Wildman–Crippen MR) is 74.6 cm³/mol. The maximum absolute atomic E-state index is 5.86. The van der Waals surface area contributed by atoms with E-state index in [1.54, 1.807) is 0 Å². The van der Waals surface area contributed by atoms with Crippen LogP contribution in [0.3, 0.4) is 0 Å². The van der Waals surface area contributed by atoms with Crippen LogP contribution >= 0.6 is 0 Å². The Balaban J connectivity index is 2.61. The summed E-state index contributed by atoms with van der Waals surface area (Å²) in [5.41, 5.74) is 7.64. The van der Waals surface area contributed by atoms with Gasteiger partial charge in [-0.15, -0.1) is 0 Å². The van der Waals surface area contributed by atoms with Crippen LogP contribution in [-0.2, 0) is 0 Å². The quantitative estimate of drug-likeness (QED) is 0.712. The third-order valence-electron chi connectivity index (χ3n) is 2.83. The number of nitrogen functional groups attached to an aromatic ring is 1. The van der Waals surface area contributed by atoms with Crippen LogP contribution in [0, 0.1) is 5.92 Å². The van der Waals surface area contributed by atoms with Crippen molar-refractivity contribution in [2.24, 2.45) is 5.92 Å². The number of benzene rings is 1. The normalized spacial score (nSPS) is 12.2. The molecule has 0 saturated heterocycles. The molecular formula is C14H24N2O. The number of rotatable bonds is 7. The van der Waals surface area contributed by atoms with E-state index in [2.05, 4.69) is 26.1 Å². The van der Waals surface area contributed by atoms with Gasteiger partial charge in [0.25, 0.3) is 0 Å². The van der Waals surface area contributed by atoms with Crippen LogP contribution in [-0.4, -0.2) is 13.2 Å². The van der Waals surface area contributed by atoms with Crippen LogP contribution in [0.4, 0.5) is 11.4 Å². The van der Waals surface area contributed by atoms with Gasteiger partial charge >= 0.3 is 0 Å². The van der Waals surface area contributed by atoms with E-state index in [0.717, 1.165) is 24.4 Å². The van der Waals surface area contributed by atoms with Gasteiger partial charge in [0.05, 0.1) is 12.3 Å². The molecule has 0 fully saturated rings. The number of hydrogen-bond donors (Lipinski definition) is 2. The fraction of sp³-hybridized carbons (Fsp3) is 0.571. The van der Waals surface area contributed by atoms with E-state index in [0.29, 0.717) is 18.2 Å². The third-order valence-corrected chi connectivity index (χ3v) is 2.83. The summed E-state index contributed by atoms with van der Waals surface area (Å²) >= 11 is 0. The molecule has 3 nitrogen and oxygen atoms in total. The molecule has 1 rings (SSSR count). The van der Waals surface area contributed by atoms with Gasteiger partial charge in [-0.3, -0.25) is 0 Å². The highest BCUT2D eigenvalue weighted by Crippen LogP contribution is 2.25. The first-order chi connectivity index (χ1) is 8.17. The van der Waals surface area contributed by atoms with Crippen molar-refractivity contribution in [2.45, 2.75) is 33.6 Å². The van der Waals surface area contributed by atoms with E-state index in [9.17, 15) is 0 Å². The predicted octanol–water partition coefficient (Wildman–Crippen LogP) is 3.52. The van der Waals surface area contributed by atoms with E-state index >= 15 is 0 Å². The van der Waals surface area contributed by atoms with Crippen molar-refractivity contribution in [3.05, 3.63) is 18.2 Å². The molecule has 1 aromatic carbocycles. The first-order valence-electron chi connectivity index (χ1n) is 6.43. The fourth-order valence-corrected chi connectivity index (χ4v) is 1.42. The topological polar surface area (TPSA) is 47.3 Å². The summed E-state index contributed by atoms with van der Waals surface area (Å²) < 4.78 is 5.59. The first-order valence-corrected chi connectivity index (χ1v) is 6.43. The molecule has 0 bridgehead atoms. The van der Waals surface area contributed by atoms with E-state index < -0.39 is 0 Å². The van der Waals surface area contributed by atoms with Crippen molar-refractivity contribution in [1.82, 2.24) is 0 Å². The maximum atomic E-state index is 5.86. The molecule has 0 aliphatic rings. The van der Waals surface area contributed by atoms with Crippen LogP contribution in [0.25, 0.3) is 0 Å². The Bertz CT molecular complexity index is 339. The van der Waals surface area contributed by atoms with Crippen LogP contribution in [0.5, 0.6) is 5.75 Å². The summed E-state index contributed by atoms with van der Waals surface area (Å²) in [6.45, 7) is 8.21. The van der Waals surface area contributed by atoms with Gasteiger partial charge in [0.1, 0.15) is 5.75 Å². The van der Waals surface area contributed by atoms with Crippen molar-refractivity contribution in [2.75, 3.05) is 24.2 Å². The van der Waals surface area contributed by atoms with Crippen molar-refractivity contribution in [1.29, 1.82) is 0 Å². The lowest BCUT2D eigenvalue weighted by Crippen LogP contribution is -2.10. The molecule has 1 unspecified atom stereocenters. The molecule has 0 amide bonds. The molecule has 0 aliphatic heterocycles. The molecule has 3 N–H and O–H groups in total. The number of anilines is 2. The number of nitrogens with one attached hydrogen (secondary N) is 1. The summed E-state index contributed by atoms with van der Waals surface area (Å²) in [7, 11) is 0. The summed E-state index contributed by atoms with van der Waals surface area (Å²) in [4.78, 5) is 0. The zero-order valence-electron chi connectivity index (χ0n) is 11.1. The van der Waals surface area contributed by atoms with E-state index in [1.807, 2.05) is 18.2 Å². The Morgan fingerprint density at radius 1 is 1.35 bits per heavy atom. The second-order valence-corrected chi connectivity index (χ2v) is 4.50. The van der Waals surface area contributed by atoms with E-state index in [-0.39, 0.29) is 0 Å². The molecule has 0 saturated carbocycles. The van der Waals surface area contributed by atoms with E-state index in [1.165, 1.54) is 6.42 Å². The molecule has 0 aliphatic carbocycles. The number of ether oxygens (including phenoxy) is 1. The van der Waals surface area contributed by atoms with Gasteiger partial charge in [-0.1, -0.05) is 27.2 Å². The monoisotopic (exact) mass is 236 g/mol. The van der Waals surface area contributed by atoms with Crippen molar-refractivity contribution in [3.8, 4) is 5.75 Å². The Kier molecular flexibility index (Phi) is 5.67. The average Bonchev–Trinajstić information content (AvgIpc) is 2.35. The highest BCUT2D eigenvalue weighted by Gasteiger charge is 2.03. The molecule has 3 heteroatoms. The van der Waals surface area contributed by atoms with Gasteiger partial charge in [-0.05, 0) is 24.5 Å². The number of hydrogen-bond acceptors (Lipinski definition) is 3. The Morgan fingerprint density at radius 2 is 2.12 bits per heavy atom. The molecule has 0 radical (unpaired) electrons. The lowest BCUT2D eigenvalue weighted by molar-refractivity contribution is 0.319. The molecule has 0 spiro atoms. The van der Waals surface area contributed by atoms with Crippen molar-refractivity contribution < 1.29 is 4.74 Å². The second-order valence-electron chi connectivity index (χ2n) is 4.50. The van der Waals surface area contributed by atoms with Gasteiger partial charge < -0.3 is 15.8 Å². The standard InChI is InChI=1S/C14H24N2O/c1-4-8-17-14-9-12(6-7-13(14)15)16-10-11(3)5-2/h6-7,9,11,16H,4-5,8,10,15H2,1-3H3. The first kappa shape index (κ1) is 13.7. The largest absolute Gasteiger partial charge is 0.491 e. The highest BCUT2D eigenvalue weighted by atomic mass is 16.5. The lowest BCUT2D eigenvalue weighted by Gasteiger charge is -2.14. The Labute approximate surface area is 104 Å². The maximum Gasteiger partial charge on any atom is 0.144 e. The zero-order chi connectivity index (χ0) is 12.7. The molecule has 96 valence electrons. The Morgan fingerprint density at radius 3 is 2.76 bits per heavy atom. The van der Waals surface area contributed by atoms with Gasteiger partial charge in [-0.2, -0.15) is 0 Å². The van der Waals surface area contributed by atoms with Crippen molar-refractivity contribution in [3.63, 3.8) is 0 Å². The smallest absolute Gasteiger partial charge is 0.144 e. The number of nitrogens with two attached hydrogens (primary N) is 1. The minimum absolute atomic E-state index is 0.674. The highest BCUT2D eigenvalue weighted by molar-refractivity contribution is 5.61. The minimum atomic E-state index is 0.674. The summed E-state index contributed by atoms with van der Waals surface area (Å²) in [5, 5.41) is 3.40. The van der Waals surface area contributed by atoms with Crippen molar-refractivity contribution >= 4 is 11.4 Å². The van der Waals surface area contributed by atoms with Crippen LogP contribution in [0.2, 0.25) is 0 Å². The van der Waals surface area contributed by atoms with Crippen LogP contribution in [0.1, 0.15) is 33.6 Å². The summed E-state index contributed by atoms with van der Waals surface area (Å²) in [5.74, 6) is 1.45. The molecular weight excluding hydrogens is 212 g/mol. The third kappa shape index (κ3) is 4.55.